The fourth-order valence-electron chi connectivity index (χ4n) is 7.05. The minimum absolute atomic E-state index is 0.0448. The van der Waals surface area contributed by atoms with Crippen molar-refractivity contribution in [2.24, 2.45) is 0 Å². The molecule has 0 aliphatic rings. The second-order valence-electron chi connectivity index (χ2n) is 15.6. The first-order valence-corrected chi connectivity index (χ1v) is 18.0. The molecule has 8 rings (SSSR count). The van der Waals surface area contributed by atoms with Crippen molar-refractivity contribution in [2.45, 2.75) is 52.4 Å². The predicted molar refractivity (Wildman–Crippen MR) is 217 cm³/mol. The van der Waals surface area contributed by atoms with Crippen LogP contribution in [0.25, 0.3) is 78.0 Å². The van der Waals surface area contributed by atoms with Crippen LogP contribution in [0, 0.1) is 0 Å². The Balaban J connectivity index is 1.39. The number of fused-ring (bicyclic) bond motifs is 3. The SMILES string of the molecule is CC(C)(C)c1ccc(-c2nc(-c3ccc(C(C)(C)C)cc3)nc(-c3ccc4c(c3)c(-c3ccccc3)c(-c3cccnc3)c3ccccc34)n2)cc1. The van der Waals surface area contributed by atoms with Gasteiger partial charge in [-0.3, -0.25) is 4.98 Å². The molecule has 0 saturated carbocycles. The average Bonchev–Trinajstić information content (AvgIpc) is 3.17. The molecule has 0 amide bonds. The van der Waals surface area contributed by atoms with Gasteiger partial charge in [0, 0.05) is 34.6 Å². The summed E-state index contributed by atoms with van der Waals surface area (Å²) in [6.45, 7) is 13.4. The summed E-state index contributed by atoms with van der Waals surface area (Å²) >= 11 is 0. The van der Waals surface area contributed by atoms with Crippen molar-refractivity contribution >= 4 is 21.5 Å². The average molecular weight is 675 g/mol. The van der Waals surface area contributed by atoms with Gasteiger partial charge < -0.3 is 0 Å². The Morgan fingerprint density at radius 2 is 0.827 bits per heavy atom. The lowest BCUT2D eigenvalue weighted by molar-refractivity contribution is 0.590. The van der Waals surface area contributed by atoms with Gasteiger partial charge in [0.15, 0.2) is 17.5 Å². The van der Waals surface area contributed by atoms with Gasteiger partial charge in [0.25, 0.3) is 0 Å². The van der Waals surface area contributed by atoms with Gasteiger partial charge in [-0.15, -0.1) is 0 Å². The molecule has 2 heterocycles. The number of nitrogens with zero attached hydrogens (tertiary/aromatic N) is 4. The molecule has 4 nitrogen and oxygen atoms in total. The van der Waals surface area contributed by atoms with Gasteiger partial charge in [0.2, 0.25) is 0 Å². The van der Waals surface area contributed by atoms with Crippen LogP contribution in [0.2, 0.25) is 0 Å². The Hall–Kier alpha value is -6.00. The molecule has 0 aliphatic heterocycles. The maximum absolute atomic E-state index is 5.17. The number of pyridine rings is 1. The van der Waals surface area contributed by atoms with Crippen molar-refractivity contribution < 1.29 is 0 Å². The van der Waals surface area contributed by atoms with Crippen molar-refractivity contribution in [2.75, 3.05) is 0 Å². The molecular weight excluding hydrogens is 633 g/mol. The van der Waals surface area contributed by atoms with E-state index in [1.807, 2.05) is 18.5 Å². The minimum Gasteiger partial charge on any atom is -0.264 e. The highest BCUT2D eigenvalue weighted by Crippen LogP contribution is 2.45. The molecule has 0 fully saturated rings. The van der Waals surface area contributed by atoms with Crippen LogP contribution in [0.5, 0.6) is 0 Å². The molecule has 0 aliphatic carbocycles. The molecule has 0 atom stereocenters. The number of hydrogen-bond donors (Lipinski definition) is 0. The summed E-state index contributed by atoms with van der Waals surface area (Å²) in [4.78, 5) is 19.9. The number of rotatable bonds is 5. The first kappa shape index (κ1) is 33.2. The molecule has 0 saturated heterocycles. The van der Waals surface area contributed by atoms with Crippen LogP contribution in [-0.2, 0) is 10.8 Å². The highest BCUT2D eigenvalue weighted by molar-refractivity contribution is 6.22. The summed E-state index contributed by atoms with van der Waals surface area (Å²) in [6.07, 6.45) is 3.79. The lowest BCUT2D eigenvalue weighted by atomic mass is 9.85. The van der Waals surface area contributed by atoms with Crippen LogP contribution in [0.3, 0.4) is 0 Å². The maximum Gasteiger partial charge on any atom is 0.164 e. The molecule has 254 valence electrons. The second kappa shape index (κ2) is 13.0. The lowest BCUT2D eigenvalue weighted by Crippen LogP contribution is -2.10. The second-order valence-corrected chi connectivity index (χ2v) is 15.6. The van der Waals surface area contributed by atoms with Crippen molar-refractivity contribution in [1.82, 2.24) is 19.9 Å². The first-order valence-electron chi connectivity index (χ1n) is 18.0. The topological polar surface area (TPSA) is 51.6 Å². The van der Waals surface area contributed by atoms with Crippen LogP contribution in [0.15, 0.2) is 146 Å². The Morgan fingerprint density at radius 3 is 1.37 bits per heavy atom. The van der Waals surface area contributed by atoms with E-state index in [0.29, 0.717) is 17.5 Å². The summed E-state index contributed by atoms with van der Waals surface area (Å²) in [7, 11) is 0. The van der Waals surface area contributed by atoms with Crippen LogP contribution in [0.4, 0.5) is 0 Å². The van der Waals surface area contributed by atoms with Gasteiger partial charge in [-0.25, -0.2) is 15.0 Å². The van der Waals surface area contributed by atoms with E-state index in [1.54, 1.807) is 0 Å². The van der Waals surface area contributed by atoms with Gasteiger partial charge in [0.05, 0.1) is 0 Å². The summed E-state index contributed by atoms with van der Waals surface area (Å²) in [6, 6.07) is 47.4. The third kappa shape index (κ3) is 6.26. The first-order chi connectivity index (χ1) is 25.0. The Morgan fingerprint density at radius 1 is 0.365 bits per heavy atom. The number of hydrogen-bond acceptors (Lipinski definition) is 4. The number of benzene rings is 6. The minimum atomic E-state index is 0.0448. The molecule has 0 bridgehead atoms. The van der Waals surface area contributed by atoms with E-state index in [2.05, 4.69) is 174 Å². The smallest absolute Gasteiger partial charge is 0.164 e. The molecule has 6 aromatic carbocycles. The Labute approximate surface area is 306 Å². The van der Waals surface area contributed by atoms with Crippen molar-refractivity contribution in [3.8, 4) is 56.4 Å². The molecule has 0 radical (unpaired) electrons. The standard InChI is InChI=1S/C48H42N4/c1-47(2,3)36-23-18-32(19-24-36)44-50-45(33-20-25-37(26-21-33)48(4,5)6)52-46(51-44)34-22-27-39-38-16-10-11-17-40(38)43(35-15-12-28-49-30-35)42(41(39)29-34)31-13-8-7-9-14-31/h7-30H,1-6H3. The third-order valence-electron chi connectivity index (χ3n) is 9.95. The van der Waals surface area contributed by atoms with Crippen LogP contribution >= 0.6 is 0 Å². The lowest BCUT2D eigenvalue weighted by Gasteiger charge is -2.20. The summed E-state index contributed by atoms with van der Waals surface area (Å²) in [5.74, 6) is 1.94. The highest BCUT2D eigenvalue weighted by atomic mass is 15.0. The van der Waals surface area contributed by atoms with Crippen LogP contribution in [-0.4, -0.2) is 19.9 Å². The molecule has 2 aromatic heterocycles. The Bertz CT molecular complexity index is 2470. The van der Waals surface area contributed by atoms with E-state index in [0.717, 1.165) is 44.3 Å². The van der Waals surface area contributed by atoms with Crippen molar-refractivity contribution in [1.29, 1.82) is 0 Å². The monoisotopic (exact) mass is 674 g/mol. The molecular formula is C48H42N4. The van der Waals surface area contributed by atoms with E-state index in [9.17, 15) is 0 Å². The zero-order chi connectivity index (χ0) is 36.0. The van der Waals surface area contributed by atoms with Gasteiger partial charge in [-0.1, -0.05) is 163 Å². The zero-order valence-electron chi connectivity index (χ0n) is 30.6. The molecule has 0 N–H and O–H groups in total. The normalized spacial score (nSPS) is 12.0. The fraction of sp³-hybridized carbons (Fsp3) is 0.167. The van der Waals surface area contributed by atoms with Gasteiger partial charge in [-0.05, 0) is 72.3 Å². The van der Waals surface area contributed by atoms with Gasteiger partial charge >= 0.3 is 0 Å². The van der Waals surface area contributed by atoms with E-state index < -0.39 is 0 Å². The largest absolute Gasteiger partial charge is 0.264 e. The Kier molecular flexibility index (Phi) is 8.26. The third-order valence-corrected chi connectivity index (χ3v) is 9.95. The highest BCUT2D eigenvalue weighted by Gasteiger charge is 2.21. The van der Waals surface area contributed by atoms with Gasteiger partial charge in [0.1, 0.15) is 0 Å². The van der Waals surface area contributed by atoms with E-state index in [4.69, 9.17) is 15.0 Å². The zero-order valence-corrected chi connectivity index (χ0v) is 30.6. The quantitative estimate of drug-likeness (QED) is 0.171. The molecule has 8 aromatic rings. The summed E-state index contributed by atoms with van der Waals surface area (Å²) in [5.41, 5.74) is 10.0. The van der Waals surface area contributed by atoms with Crippen LogP contribution in [0.1, 0.15) is 52.7 Å². The molecule has 4 heteroatoms. The fourth-order valence-corrected chi connectivity index (χ4v) is 7.05. The van der Waals surface area contributed by atoms with Crippen molar-refractivity contribution in [3.63, 3.8) is 0 Å². The summed E-state index contributed by atoms with van der Waals surface area (Å²) in [5, 5.41) is 4.69. The van der Waals surface area contributed by atoms with Crippen molar-refractivity contribution in [3.05, 3.63) is 157 Å². The molecule has 52 heavy (non-hydrogen) atoms. The number of aromatic nitrogens is 4. The molecule has 0 unspecified atom stereocenters. The molecule has 0 spiro atoms. The predicted octanol–water partition coefficient (Wildman–Crippen LogP) is 12.5. The van der Waals surface area contributed by atoms with E-state index >= 15 is 0 Å². The summed E-state index contributed by atoms with van der Waals surface area (Å²) < 4.78 is 0. The van der Waals surface area contributed by atoms with E-state index in [-0.39, 0.29) is 10.8 Å². The van der Waals surface area contributed by atoms with E-state index in [1.165, 1.54) is 27.3 Å². The van der Waals surface area contributed by atoms with Gasteiger partial charge in [-0.2, -0.15) is 0 Å². The maximum atomic E-state index is 5.17. The van der Waals surface area contributed by atoms with Crippen LogP contribution < -0.4 is 0 Å².